The average molecular weight is 356 g/mol. The number of methoxy groups -OCH3 is 1. The summed E-state index contributed by atoms with van der Waals surface area (Å²) in [6.07, 6.45) is -0.225. The molecule has 7 heteroatoms. The van der Waals surface area contributed by atoms with Crippen molar-refractivity contribution in [3.63, 3.8) is 0 Å². The third kappa shape index (κ3) is 4.91. The van der Waals surface area contributed by atoms with Crippen LogP contribution < -0.4 is 0 Å². The molecule has 1 saturated heterocycles. The van der Waals surface area contributed by atoms with Crippen molar-refractivity contribution in [2.75, 3.05) is 20.2 Å². The summed E-state index contributed by atoms with van der Waals surface area (Å²) in [5.41, 5.74) is 0.604. The number of hydrogen-bond acceptors (Lipinski definition) is 6. The van der Waals surface area contributed by atoms with Crippen LogP contribution in [0, 0.1) is 0 Å². The van der Waals surface area contributed by atoms with Gasteiger partial charge in [-0.2, -0.15) is 0 Å². The molecular formula is C17H29N3O3S. The summed E-state index contributed by atoms with van der Waals surface area (Å²) in [4.78, 5) is 21.2. The normalized spacial score (nSPS) is 22.7. The lowest BCUT2D eigenvalue weighted by Gasteiger charge is -2.44. The SMILES string of the molecule is COCc1nc(CN2CCN(C(=O)OC(C)(C)C)C(C)C2C)cs1. The molecule has 2 heterocycles. The highest BCUT2D eigenvalue weighted by Crippen LogP contribution is 2.22. The number of ether oxygens (including phenoxy) is 2. The first-order chi connectivity index (χ1) is 11.2. The molecule has 0 spiro atoms. The van der Waals surface area contributed by atoms with E-state index in [1.54, 1.807) is 18.4 Å². The molecule has 136 valence electrons. The van der Waals surface area contributed by atoms with Crippen LogP contribution in [0.25, 0.3) is 0 Å². The Balaban J connectivity index is 1.96. The van der Waals surface area contributed by atoms with Crippen molar-refractivity contribution < 1.29 is 14.3 Å². The number of hydrogen-bond donors (Lipinski definition) is 0. The van der Waals surface area contributed by atoms with Crippen LogP contribution in [-0.4, -0.2) is 58.8 Å². The van der Waals surface area contributed by atoms with Gasteiger partial charge in [-0.25, -0.2) is 9.78 Å². The first-order valence-electron chi connectivity index (χ1n) is 8.37. The molecule has 1 aromatic rings. The Morgan fingerprint density at radius 3 is 2.67 bits per heavy atom. The minimum atomic E-state index is -0.463. The van der Waals surface area contributed by atoms with E-state index >= 15 is 0 Å². The van der Waals surface area contributed by atoms with E-state index in [1.807, 2.05) is 25.7 Å². The van der Waals surface area contributed by atoms with Crippen LogP contribution in [0.3, 0.4) is 0 Å². The van der Waals surface area contributed by atoms with Crippen molar-refractivity contribution in [1.29, 1.82) is 0 Å². The van der Waals surface area contributed by atoms with Crippen molar-refractivity contribution in [2.24, 2.45) is 0 Å². The summed E-state index contributed by atoms with van der Waals surface area (Å²) in [5.74, 6) is 0. The molecule has 2 unspecified atom stereocenters. The number of carbonyl (C=O) groups excluding carboxylic acids is 1. The number of amides is 1. The summed E-state index contributed by atoms with van der Waals surface area (Å²) in [6, 6.07) is 0.351. The zero-order chi connectivity index (χ0) is 17.9. The van der Waals surface area contributed by atoms with Gasteiger partial charge < -0.3 is 14.4 Å². The van der Waals surface area contributed by atoms with Crippen LogP contribution in [0.1, 0.15) is 45.3 Å². The Labute approximate surface area is 148 Å². The second kappa shape index (κ2) is 7.80. The standard InChI is InChI=1S/C17H29N3O3S/c1-12-13(2)20(16(21)23-17(3,4)5)8-7-19(12)9-14-11-24-15(18-14)10-22-6/h11-13H,7-10H2,1-6H3. The lowest BCUT2D eigenvalue weighted by Crippen LogP contribution is -2.59. The Morgan fingerprint density at radius 1 is 1.33 bits per heavy atom. The van der Waals surface area contributed by atoms with E-state index < -0.39 is 5.60 Å². The number of thiazole rings is 1. The van der Waals surface area contributed by atoms with Gasteiger partial charge in [0.25, 0.3) is 0 Å². The summed E-state index contributed by atoms with van der Waals surface area (Å²) in [7, 11) is 1.68. The molecule has 1 amide bonds. The van der Waals surface area contributed by atoms with E-state index in [0.717, 1.165) is 23.8 Å². The maximum absolute atomic E-state index is 12.4. The highest BCUT2D eigenvalue weighted by atomic mass is 32.1. The third-order valence-corrected chi connectivity index (χ3v) is 5.13. The topological polar surface area (TPSA) is 54.9 Å². The van der Waals surface area contributed by atoms with Crippen molar-refractivity contribution >= 4 is 17.4 Å². The third-order valence-electron chi connectivity index (χ3n) is 4.25. The van der Waals surface area contributed by atoms with Gasteiger partial charge in [-0.15, -0.1) is 11.3 Å². The Bertz CT molecular complexity index is 556. The lowest BCUT2D eigenvalue weighted by molar-refractivity contribution is -0.0146. The monoisotopic (exact) mass is 355 g/mol. The van der Waals surface area contributed by atoms with Crippen molar-refractivity contribution in [1.82, 2.24) is 14.8 Å². The van der Waals surface area contributed by atoms with Gasteiger partial charge in [0.2, 0.25) is 0 Å². The highest BCUT2D eigenvalue weighted by molar-refractivity contribution is 7.09. The van der Waals surface area contributed by atoms with Crippen LogP contribution in [0.4, 0.5) is 4.79 Å². The maximum Gasteiger partial charge on any atom is 0.410 e. The molecule has 0 bridgehead atoms. The number of piperazine rings is 1. The molecule has 2 rings (SSSR count). The van der Waals surface area contributed by atoms with E-state index in [-0.39, 0.29) is 18.2 Å². The van der Waals surface area contributed by atoms with Crippen LogP contribution in [-0.2, 0) is 22.6 Å². The fourth-order valence-corrected chi connectivity index (χ4v) is 3.58. The van der Waals surface area contributed by atoms with E-state index in [2.05, 4.69) is 29.1 Å². The summed E-state index contributed by atoms with van der Waals surface area (Å²) >= 11 is 1.63. The minimum Gasteiger partial charge on any atom is -0.444 e. The van der Waals surface area contributed by atoms with Gasteiger partial charge in [-0.05, 0) is 34.6 Å². The molecule has 1 fully saturated rings. The van der Waals surface area contributed by atoms with E-state index in [1.165, 1.54) is 0 Å². The average Bonchev–Trinajstić information content (AvgIpc) is 2.90. The van der Waals surface area contributed by atoms with Crippen molar-refractivity contribution in [3.05, 3.63) is 16.1 Å². The largest absolute Gasteiger partial charge is 0.444 e. The van der Waals surface area contributed by atoms with Gasteiger partial charge in [0.05, 0.1) is 12.3 Å². The number of rotatable bonds is 4. The fourth-order valence-electron chi connectivity index (χ4n) is 2.83. The Kier molecular flexibility index (Phi) is 6.22. The fraction of sp³-hybridized carbons (Fsp3) is 0.765. The first kappa shape index (κ1) is 19.1. The molecule has 0 saturated carbocycles. The molecule has 0 N–H and O–H groups in total. The number of carbonyl (C=O) groups is 1. The van der Waals surface area contributed by atoms with Crippen LogP contribution in [0.2, 0.25) is 0 Å². The van der Waals surface area contributed by atoms with Gasteiger partial charge in [0.1, 0.15) is 10.6 Å². The van der Waals surface area contributed by atoms with Crippen LogP contribution in [0.15, 0.2) is 5.38 Å². The second-order valence-electron chi connectivity index (χ2n) is 7.29. The van der Waals surface area contributed by atoms with Crippen LogP contribution in [0.5, 0.6) is 0 Å². The summed E-state index contributed by atoms with van der Waals surface area (Å²) in [6.45, 7) is 12.8. The van der Waals surface area contributed by atoms with E-state index in [9.17, 15) is 4.79 Å². The Hall–Kier alpha value is -1.18. The molecule has 24 heavy (non-hydrogen) atoms. The maximum atomic E-state index is 12.4. The minimum absolute atomic E-state index is 0.102. The molecule has 1 aromatic heterocycles. The zero-order valence-electron chi connectivity index (χ0n) is 15.5. The number of aromatic nitrogens is 1. The van der Waals surface area contributed by atoms with Gasteiger partial charge >= 0.3 is 6.09 Å². The van der Waals surface area contributed by atoms with Gasteiger partial charge in [0, 0.05) is 44.2 Å². The predicted molar refractivity (Wildman–Crippen MR) is 95.1 cm³/mol. The lowest BCUT2D eigenvalue weighted by atomic mass is 10.0. The molecule has 1 aliphatic heterocycles. The van der Waals surface area contributed by atoms with Crippen molar-refractivity contribution in [3.8, 4) is 0 Å². The first-order valence-corrected chi connectivity index (χ1v) is 9.25. The van der Waals surface area contributed by atoms with Gasteiger partial charge in [-0.1, -0.05) is 0 Å². The summed E-state index contributed by atoms with van der Waals surface area (Å²) in [5, 5.41) is 3.09. The molecule has 1 aliphatic rings. The smallest absolute Gasteiger partial charge is 0.410 e. The quantitative estimate of drug-likeness (QED) is 0.831. The van der Waals surface area contributed by atoms with E-state index in [0.29, 0.717) is 13.2 Å². The van der Waals surface area contributed by atoms with Crippen LogP contribution >= 0.6 is 11.3 Å². The highest BCUT2D eigenvalue weighted by Gasteiger charge is 2.35. The van der Waals surface area contributed by atoms with Gasteiger partial charge in [-0.3, -0.25) is 4.90 Å². The Morgan fingerprint density at radius 2 is 2.04 bits per heavy atom. The van der Waals surface area contributed by atoms with Gasteiger partial charge in [0.15, 0.2) is 0 Å². The molecule has 6 nitrogen and oxygen atoms in total. The van der Waals surface area contributed by atoms with Crippen molar-refractivity contribution in [2.45, 2.75) is 65.5 Å². The zero-order valence-corrected chi connectivity index (χ0v) is 16.4. The molecular weight excluding hydrogens is 326 g/mol. The number of nitrogens with zero attached hydrogens (tertiary/aromatic N) is 3. The predicted octanol–water partition coefficient (Wildman–Crippen LogP) is 3.12. The second-order valence-corrected chi connectivity index (χ2v) is 8.23. The van der Waals surface area contributed by atoms with E-state index in [4.69, 9.17) is 9.47 Å². The summed E-state index contributed by atoms with van der Waals surface area (Å²) < 4.78 is 10.6. The molecule has 0 aromatic carbocycles. The molecule has 0 aliphatic carbocycles. The molecule has 0 radical (unpaired) electrons. The molecule has 2 atom stereocenters.